The van der Waals surface area contributed by atoms with Crippen LogP contribution in [0.1, 0.15) is 36.6 Å². The molecule has 3 rings (SSSR count). The summed E-state index contributed by atoms with van der Waals surface area (Å²) in [6.45, 7) is 6.86. The van der Waals surface area contributed by atoms with Gasteiger partial charge in [-0.15, -0.1) is 24.0 Å². The first-order valence-electron chi connectivity index (χ1n) is 10.8. The molecular formula is C24H34IN3O3. The highest BCUT2D eigenvalue weighted by molar-refractivity contribution is 14.0. The number of nitrogens with one attached hydrogen (secondary N) is 2. The van der Waals surface area contributed by atoms with Crippen LogP contribution in [0.3, 0.4) is 0 Å². The zero-order valence-electron chi connectivity index (χ0n) is 18.3. The average molecular weight is 539 g/mol. The van der Waals surface area contributed by atoms with Crippen molar-refractivity contribution in [3.05, 3.63) is 65.2 Å². The summed E-state index contributed by atoms with van der Waals surface area (Å²) in [6, 6.07) is 16.4. The number of aliphatic imine (C=N–C) groups is 1. The molecule has 31 heavy (non-hydrogen) atoms. The zero-order valence-corrected chi connectivity index (χ0v) is 20.7. The van der Waals surface area contributed by atoms with E-state index >= 15 is 0 Å². The number of benzene rings is 2. The van der Waals surface area contributed by atoms with Crippen LogP contribution < -0.4 is 15.4 Å². The fourth-order valence-electron chi connectivity index (χ4n) is 3.39. The zero-order chi connectivity index (χ0) is 21.2. The van der Waals surface area contributed by atoms with Gasteiger partial charge in [0.2, 0.25) is 0 Å². The lowest BCUT2D eigenvalue weighted by molar-refractivity contribution is 0.00112. The fraction of sp³-hybridized carbons (Fsp3) is 0.458. The summed E-state index contributed by atoms with van der Waals surface area (Å²) in [5.74, 6) is 1.72. The van der Waals surface area contributed by atoms with Gasteiger partial charge < -0.3 is 25.2 Å². The number of guanidine groups is 1. The van der Waals surface area contributed by atoms with E-state index < -0.39 is 6.10 Å². The molecule has 2 aromatic carbocycles. The van der Waals surface area contributed by atoms with Gasteiger partial charge in [-0.05, 0) is 43.0 Å². The van der Waals surface area contributed by atoms with Gasteiger partial charge in [-0.25, -0.2) is 0 Å². The third-order valence-electron chi connectivity index (χ3n) is 5.07. The van der Waals surface area contributed by atoms with Gasteiger partial charge in [0.15, 0.2) is 5.96 Å². The molecule has 170 valence electrons. The minimum atomic E-state index is -0.650. The molecule has 0 amide bonds. The summed E-state index contributed by atoms with van der Waals surface area (Å²) >= 11 is 0. The fourth-order valence-corrected chi connectivity index (χ4v) is 3.39. The lowest BCUT2D eigenvalue weighted by atomic mass is 10.1. The first kappa shape index (κ1) is 25.4. The molecule has 1 heterocycles. The van der Waals surface area contributed by atoms with Gasteiger partial charge >= 0.3 is 0 Å². The second-order valence-corrected chi connectivity index (χ2v) is 7.48. The Kier molecular flexibility index (Phi) is 11.1. The van der Waals surface area contributed by atoms with Crippen LogP contribution >= 0.6 is 24.0 Å². The Balaban J connectivity index is 0.00000341. The van der Waals surface area contributed by atoms with E-state index in [4.69, 9.17) is 9.47 Å². The van der Waals surface area contributed by atoms with Crippen molar-refractivity contribution in [3.8, 4) is 5.75 Å². The van der Waals surface area contributed by atoms with E-state index in [1.54, 1.807) is 0 Å². The smallest absolute Gasteiger partial charge is 0.191 e. The van der Waals surface area contributed by atoms with E-state index in [-0.39, 0.29) is 43.2 Å². The summed E-state index contributed by atoms with van der Waals surface area (Å²) in [5.41, 5.74) is 3.67. The molecule has 0 radical (unpaired) electrons. The number of hydrogen-bond acceptors (Lipinski definition) is 4. The Bertz CT molecular complexity index is 817. The van der Waals surface area contributed by atoms with Crippen LogP contribution in [-0.2, 0) is 17.6 Å². The third-order valence-corrected chi connectivity index (χ3v) is 5.07. The number of aliphatic hydroxyl groups excluding tert-OH is 1. The molecule has 6 nitrogen and oxygen atoms in total. The van der Waals surface area contributed by atoms with E-state index in [1.165, 1.54) is 11.1 Å². The maximum absolute atomic E-state index is 10.3. The summed E-state index contributed by atoms with van der Waals surface area (Å²) < 4.78 is 11.4. The van der Waals surface area contributed by atoms with Crippen molar-refractivity contribution >= 4 is 29.9 Å². The number of ether oxygens (including phenoxy) is 2. The van der Waals surface area contributed by atoms with Crippen molar-refractivity contribution in [1.82, 2.24) is 10.6 Å². The number of hydrogen-bond donors (Lipinski definition) is 3. The molecule has 3 N–H and O–H groups in total. The highest BCUT2D eigenvalue weighted by atomic mass is 127. The third kappa shape index (κ3) is 8.31. The summed E-state index contributed by atoms with van der Waals surface area (Å²) in [4.78, 5) is 4.50. The Morgan fingerprint density at radius 1 is 1.19 bits per heavy atom. The van der Waals surface area contributed by atoms with Crippen LogP contribution in [0.5, 0.6) is 5.75 Å². The monoisotopic (exact) mass is 539 g/mol. The van der Waals surface area contributed by atoms with Crippen LogP contribution in [0.2, 0.25) is 0 Å². The van der Waals surface area contributed by atoms with Crippen molar-refractivity contribution in [2.75, 3.05) is 32.8 Å². The number of halogens is 1. The van der Waals surface area contributed by atoms with E-state index in [2.05, 4.69) is 33.8 Å². The van der Waals surface area contributed by atoms with Gasteiger partial charge in [0, 0.05) is 19.5 Å². The van der Waals surface area contributed by atoms with E-state index in [0.717, 1.165) is 43.9 Å². The molecule has 7 heteroatoms. The van der Waals surface area contributed by atoms with Gasteiger partial charge in [0.25, 0.3) is 0 Å². The standard InChI is InChI=1S/C24H33N3O3.HI/c1-3-25-24(26-13-11-19-9-10-23-21(15-19)12-14-29-23)27-16-22(28)17-30-18(2)20-7-5-4-6-8-20;/h4-10,15,18,22,28H,3,11-14,16-17H2,1-2H3,(H2,25,26,27);1H. The molecule has 2 aromatic rings. The molecule has 0 aliphatic carbocycles. The minimum absolute atomic E-state index is 0. The molecule has 1 aliphatic heterocycles. The van der Waals surface area contributed by atoms with Crippen LogP contribution in [0.4, 0.5) is 0 Å². The maximum atomic E-state index is 10.3. The lowest BCUT2D eigenvalue weighted by Gasteiger charge is -2.17. The summed E-state index contributed by atoms with van der Waals surface area (Å²) in [6.07, 6.45) is 1.18. The molecule has 0 fully saturated rings. The number of rotatable bonds is 10. The Labute approximate surface area is 202 Å². The van der Waals surface area contributed by atoms with E-state index in [0.29, 0.717) is 5.96 Å². The van der Waals surface area contributed by atoms with E-state index in [1.807, 2.05) is 44.2 Å². The normalized spacial score (nSPS) is 14.7. The molecule has 0 saturated heterocycles. The van der Waals surface area contributed by atoms with Gasteiger partial charge in [-0.1, -0.05) is 42.5 Å². The van der Waals surface area contributed by atoms with Crippen molar-refractivity contribution in [2.24, 2.45) is 4.99 Å². The first-order valence-corrected chi connectivity index (χ1v) is 10.8. The van der Waals surface area contributed by atoms with Crippen molar-refractivity contribution in [1.29, 1.82) is 0 Å². The summed E-state index contributed by atoms with van der Waals surface area (Å²) in [7, 11) is 0. The Morgan fingerprint density at radius 2 is 2.00 bits per heavy atom. The predicted octanol–water partition coefficient (Wildman–Crippen LogP) is 3.48. The second-order valence-electron chi connectivity index (χ2n) is 7.48. The average Bonchev–Trinajstić information content (AvgIpc) is 3.24. The number of fused-ring (bicyclic) bond motifs is 1. The van der Waals surface area contributed by atoms with Crippen molar-refractivity contribution < 1.29 is 14.6 Å². The molecule has 0 bridgehead atoms. The molecule has 2 atom stereocenters. The van der Waals surface area contributed by atoms with Crippen LogP contribution in [-0.4, -0.2) is 50.0 Å². The highest BCUT2D eigenvalue weighted by Crippen LogP contribution is 2.25. The van der Waals surface area contributed by atoms with Gasteiger partial charge in [-0.3, -0.25) is 4.99 Å². The van der Waals surface area contributed by atoms with Crippen molar-refractivity contribution in [3.63, 3.8) is 0 Å². The summed E-state index contributed by atoms with van der Waals surface area (Å²) in [5, 5.41) is 16.8. The molecule has 2 unspecified atom stereocenters. The van der Waals surface area contributed by atoms with Crippen LogP contribution in [0.15, 0.2) is 53.5 Å². The highest BCUT2D eigenvalue weighted by Gasteiger charge is 2.12. The predicted molar refractivity (Wildman–Crippen MR) is 136 cm³/mol. The minimum Gasteiger partial charge on any atom is -0.493 e. The van der Waals surface area contributed by atoms with Gasteiger partial charge in [-0.2, -0.15) is 0 Å². The number of aliphatic hydroxyl groups is 1. The molecule has 0 spiro atoms. The van der Waals surface area contributed by atoms with Crippen LogP contribution in [0.25, 0.3) is 0 Å². The molecule has 1 aliphatic rings. The Hall–Kier alpha value is -1.84. The molecule has 0 saturated carbocycles. The largest absolute Gasteiger partial charge is 0.493 e. The lowest BCUT2D eigenvalue weighted by Crippen LogP contribution is -2.39. The molecule has 0 aromatic heterocycles. The van der Waals surface area contributed by atoms with E-state index in [9.17, 15) is 5.11 Å². The quantitative estimate of drug-likeness (QED) is 0.245. The maximum Gasteiger partial charge on any atom is 0.191 e. The topological polar surface area (TPSA) is 75.1 Å². The Morgan fingerprint density at radius 3 is 2.77 bits per heavy atom. The van der Waals surface area contributed by atoms with Crippen LogP contribution in [0, 0.1) is 0 Å². The van der Waals surface area contributed by atoms with Crippen molar-refractivity contribution in [2.45, 2.75) is 38.9 Å². The SMILES string of the molecule is CCNC(=NCC(O)COC(C)c1ccccc1)NCCc1ccc2c(c1)CCO2.I. The number of nitrogens with zero attached hydrogens (tertiary/aromatic N) is 1. The second kappa shape index (κ2) is 13.5. The van der Waals surface area contributed by atoms with Gasteiger partial charge in [0.1, 0.15) is 5.75 Å². The van der Waals surface area contributed by atoms with Gasteiger partial charge in [0.05, 0.1) is 32.0 Å². The molecular weight excluding hydrogens is 505 g/mol. The first-order chi connectivity index (χ1) is 14.7.